The monoisotopic (exact) mass is 356 g/mol. The summed E-state index contributed by atoms with van der Waals surface area (Å²) in [5.41, 5.74) is 6.72. The molecule has 4 rings (SSSR count). The van der Waals surface area contributed by atoms with Crippen LogP contribution < -0.4 is 20.5 Å². The van der Waals surface area contributed by atoms with Gasteiger partial charge in [-0.25, -0.2) is 0 Å². The van der Waals surface area contributed by atoms with Gasteiger partial charge >= 0.3 is 0 Å². The summed E-state index contributed by atoms with van der Waals surface area (Å²) in [6.45, 7) is 5.12. The van der Waals surface area contributed by atoms with Crippen LogP contribution >= 0.6 is 0 Å². The molecule has 8 nitrogen and oxygen atoms in total. The van der Waals surface area contributed by atoms with Gasteiger partial charge in [-0.15, -0.1) is 0 Å². The van der Waals surface area contributed by atoms with E-state index in [4.69, 9.17) is 15.2 Å². The fourth-order valence-electron chi connectivity index (χ4n) is 3.39. The molecule has 0 aliphatic carbocycles. The molecule has 1 aromatic carbocycles. The number of anilines is 3. The molecule has 2 aromatic rings. The number of benzene rings is 1. The Bertz CT molecular complexity index is 784. The summed E-state index contributed by atoms with van der Waals surface area (Å²) in [6.07, 6.45) is 3.71. The van der Waals surface area contributed by atoms with E-state index in [1.54, 1.807) is 0 Å². The van der Waals surface area contributed by atoms with Gasteiger partial charge in [-0.2, -0.15) is 15.0 Å². The fourth-order valence-corrected chi connectivity index (χ4v) is 3.39. The second-order valence-corrected chi connectivity index (χ2v) is 6.73. The Morgan fingerprint density at radius 1 is 1.15 bits per heavy atom. The summed E-state index contributed by atoms with van der Waals surface area (Å²) in [5.74, 6) is 2.81. The van der Waals surface area contributed by atoms with Gasteiger partial charge < -0.3 is 20.5 Å². The number of nitrogen functional groups attached to an aromatic ring is 1. The third kappa shape index (κ3) is 3.80. The Morgan fingerprint density at radius 3 is 2.85 bits per heavy atom. The maximum absolute atomic E-state index is 5.90. The van der Waals surface area contributed by atoms with Gasteiger partial charge in [-0.05, 0) is 38.4 Å². The third-order valence-corrected chi connectivity index (χ3v) is 4.78. The van der Waals surface area contributed by atoms with Crippen molar-refractivity contribution in [2.75, 3.05) is 30.8 Å². The maximum Gasteiger partial charge on any atom is 0.232 e. The number of fused-ring (bicyclic) bond motifs is 1. The van der Waals surface area contributed by atoms with E-state index >= 15 is 0 Å². The number of hydrogen-bond donors (Lipinski definition) is 2. The summed E-state index contributed by atoms with van der Waals surface area (Å²) in [6, 6.07) is 6.19. The van der Waals surface area contributed by atoms with Crippen LogP contribution in [0.25, 0.3) is 0 Å². The van der Waals surface area contributed by atoms with Gasteiger partial charge in [0, 0.05) is 17.8 Å². The van der Waals surface area contributed by atoms with Crippen LogP contribution in [0.1, 0.15) is 32.0 Å². The van der Waals surface area contributed by atoms with Crippen LogP contribution in [-0.2, 0) is 6.54 Å². The molecule has 1 saturated heterocycles. The zero-order valence-corrected chi connectivity index (χ0v) is 14.9. The zero-order valence-electron chi connectivity index (χ0n) is 14.9. The fraction of sp³-hybridized carbons (Fsp3) is 0.500. The largest absolute Gasteiger partial charge is 0.486 e. The van der Waals surface area contributed by atoms with Crippen molar-refractivity contribution in [2.24, 2.45) is 0 Å². The predicted octanol–water partition coefficient (Wildman–Crippen LogP) is 2.34. The highest BCUT2D eigenvalue weighted by Crippen LogP contribution is 2.33. The van der Waals surface area contributed by atoms with E-state index in [0.29, 0.717) is 43.3 Å². The number of nitrogens with two attached hydrogens (primary N) is 1. The molecule has 0 radical (unpaired) electrons. The molecule has 2 aliphatic heterocycles. The lowest BCUT2D eigenvalue weighted by molar-refractivity contribution is 0.149. The van der Waals surface area contributed by atoms with Gasteiger partial charge in [-0.3, -0.25) is 4.90 Å². The Balaban J connectivity index is 1.51. The number of ether oxygens (including phenoxy) is 2. The summed E-state index contributed by atoms with van der Waals surface area (Å²) < 4.78 is 11.2. The highest BCUT2D eigenvalue weighted by Gasteiger charge is 2.20. The van der Waals surface area contributed by atoms with Crippen molar-refractivity contribution in [1.29, 1.82) is 0 Å². The molecule has 1 atom stereocenters. The molecule has 138 valence electrons. The number of aromatic nitrogens is 3. The lowest BCUT2D eigenvalue weighted by Gasteiger charge is -2.32. The number of hydrogen-bond acceptors (Lipinski definition) is 8. The average molecular weight is 356 g/mol. The number of likely N-dealkylation sites (tertiary alicyclic amines) is 1. The lowest BCUT2D eigenvalue weighted by Crippen LogP contribution is -2.37. The molecule has 0 bridgehead atoms. The third-order valence-electron chi connectivity index (χ3n) is 4.78. The van der Waals surface area contributed by atoms with Crippen molar-refractivity contribution in [1.82, 2.24) is 19.9 Å². The van der Waals surface area contributed by atoms with Crippen molar-refractivity contribution in [3.63, 3.8) is 0 Å². The standard InChI is InChI=1S/C18H24N6O2/c1-12-4-2-3-7-24(12)11-16-21-17(19)23-18(22-16)20-13-5-6-14-15(10-13)26-9-8-25-14/h5-6,10,12H,2-4,7-9,11H2,1H3,(H3,19,20,21,22,23). The first kappa shape index (κ1) is 16.8. The number of nitrogens with zero attached hydrogens (tertiary/aromatic N) is 4. The average Bonchev–Trinajstić information content (AvgIpc) is 2.63. The van der Waals surface area contributed by atoms with Crippen molar-refractivity contribution in [3.8, 4) is 11.5 Å². The minimum atomic E-state index is 0.222. The molecular formula is C18H24N6O2. The molecule has 2 aliphatic rings. The number of nitrogens with one attached hydrogen (secondary N) is 1. The second-order valence-electron chi connectivity index (χ2n) is 6.73. The number of piperidine rings is 1. The van der Waals surface area contributed by atoms with Crippen LogP contribution in [0.5, 0.6) is 11.5 Å². The Morgan fingerprint density at radius 2 is 2.00 bits per heavy atom. The molecule has 1 unspecified atom stereocenters. The van der Waals surface area contributed by atoms with Gasteiger partial charge in [0.05, 0.1) is 6.54 Å². The summed E-state index contributed by atoms with van der Waals surface area (Å²) >= 11 is 0. The van der Waals surface area contributed by atoms with Crippen LogP contribution in [0.2, 0.25) is 0 Å². The van der Waals surface area contributed by atoms with Crippen LogP contribution in [-0.4, -0.2) is 45.7 Å². The Kier molecular flexibility index (Phi) is 4.75. The SMILES string of the molecule is CC1CCCCN1Cc1nc(N)nc(Nc2ccc3c(c2)OCCO3)n1. The highest BCUT2D eigenvalue weighted by atomic mass is 16.6. The normalized spacial score (nSPS) is 20.0. The van der Waals surface area contributed by atoms with E-state index in [1.165, 1.54) is 19.3 Å². The molecule has 3 N–H and O–H groups in total. The molecule has 1 aromatic heterocycles. The molecule has 26 heavy (non-hydrogen) atoms. The molecule has 1 fully saturated rings. The second kappa shape index (κ2) is 7.33. The smallest absolute Gasteiger partial charge is 0.232 e. The van der Waals surface area contributed by atoms with Gasteiger partial charge in [-0.1, -0.05) is 6.42 Å². The summed E-state index contributed by atoms with van der Waals surface area (Å²) in [5, 5.41) is 3.19. The van der Waals surface area contributed by atoms with Crippen LogP contribution in [0, 0.1) is 0 Å². The van der Waals surface area contributed by atoms with Gasteiger partial charge in [0.15, 0.2) is 11.5 Å². The molecule has 3 heterocycles. The van der Waals surface area contributed by atoms with Crippen molar-refractivity contribution in [2.45, 2.75) is 38.8 Å². The van der Waals surface area contributed by atoms with E-state index in [1.807, 2.05) is 18.2 Å². The van der Waals surface area contributed by atoms with Gasteiger partial charge in [0.1, 0.15) is 19.0 Å². The minimum absolute atomic E-state index is 0.222. The molecule has 0 spiro atoms. The van der Waals surface area contributed by atoms with E-state index in [2.05, 4.69) is 32.1 Å². The van der Waals surface area contributed by atoms with E-state index in [9.17, 15) is 0 Å². The predicted molar refractivity (Wildman–Crippen MR) is 98.7 cm³/mol. The van der Waals surface area contributed by atoms with Crippen molar-refractivity contribution < 1.29 is 9.47 Å². The van der Waals surface area contributed by atoms with Gasteiger partial charge in [0.25, 0.3) is 0 Å². The topological polar surface area (TPSA) is 98.4 Å². The first-order chi connectivity index (χ1) is 12.7. The van der Waals surface area contributed by atoms with E-state index in [0.717, 1.165) is 18.0 Å². The molecule has 0 amide bonds. The summed E-state index contributed by atoms with van der Waals surface area (Å²) in [7, 11) is 0. The first-order valence-electron chi connectivity index (χ1n) is 9.08. The zero-order chi connectivity index (χ0) is 17.9. The Hall–Kier alpha value is -2.61. The molecular weight excluding hydrogens is 332 g/mol. The highest BCUT2D eigenvalue weighted by molar-refractivity contribution is 5.60. The quantitative estimate of drug-likeness (QED) is 0.861. The molecule has 8 heteroatoms. The van der Waals surface area contributed by atoms with Crippen molar-refractivity contribution in [3.05, 3.63) is 24.0 Å². The Labute approximate surface area is 152 Å². The minimum Gasteiger partial charge on any atom is -0.486 e. The van der Waals surface area contributed by atoms with Crippen LogP contribution in [0.4, 0.5) is 17.6 Å². The lowest BCUT2D eigenvalue weighted by atomic mass is 10.0. The van der Waals surface area contributed by atoms with Crippen molar-refractivity contribution >= 4 is 17.6 Å². The van der Waals surface area contributed by atoms with Crippen LogP contribution in [0.3, 0.4) is 0 Å². The van der Waals surface area contributed by atoms with Crippen LogP contribution in [0.15, 0.2) is 18.2 Å². The van der Waals surface area contributed by atoms with E-state index < -0.39 is 0 Å². The van der Waals surface area contributed by atoms with Gasteiger partial charge in [0.2, 0.25) is 11.9 Å². The van der Waals surface area contributed by atoms with E-state index in [-0.39, 0.29) is 5.95 Å². The number of rotatable bonds is 4. The molecule has 0 saturated carbocycles. The summed E-state index contributed by atoms with van der Waals surface area (Å²) in [4.78, 5) is 15.4. The maximum atomic E-state index is 5.90. The first-order valence-corrected chi connectivity index (χ1v) is 9.08.